The maximum absolute atomic E-state index is 13.5. The lowest BCUT2D eigenvalue weighted by molar-refractivity contribution is -0.115. The third kappa shape index (κ3) is 4.10. The van der Waals surface area contributed by atoms with Gasteiger partial charge in [-0.1, -0.05) is 18.2 Å². The maximum Gasteiger partial charge on any atom is 0.229 e. The summed E-state index contributed by atoms with van der Waals surface area (Å²) in [7, 11) is 0. The van der Waals surface area contributed by atoms with Crippen molar-refractivity contribution in [3.8, 4) is 0 Å². The lowest BCUT2D eigenvalue weighted by Gasteiger charge is -2.08. The van der Waals surface area contributed by atoms with Gasteiger partial charge in [0.1, 0.15) is 11.6 Å². The van der Waals surface area contributed by atoms with E-state index in [9.17, 15) is 13.6 Å². The van der Waals surface area contributed by atoms with E-state index in [0.717, 1.165) is 24.1 Å². The fraction of sp³-hybridized carbons (Fsp3) is 0.188. The minimum atomic E-state index is -0.719. The fourth-order valence-corrected chi connectivity index (χ4v) is 1.99. The number of nitrogens with one attached hydrogen (secondary N) is 1. The Morgan fingerprint density at radius 3 is 2.24 bits per heavy atom. The van der Waals surface area contributed by atoms with Gasteiger partial charge in [-0.05, 0) is 42.8 Å². The zero-order valence-electron chi connectivity index (χ0n) is 11.4. The van der Waals surface area contributed by atoms with Crippen LogP contribution in [0, 0.1) is 11.6 Å². The fourth-order valence-electron chi connectivity index (χ4n) is 1.99. The van der Waals surface area contributed by atoms with Gasteiger partial charge >= 0.3 is 0 Å². The molecule has 0 fully saturated rings. The van der Waals surface area contributed by atoms with Crippen molar-refractivity contribution in [2.75, 3.05) is 11.9 Å². The number of benzene rings is 2. The van der Waals surface area contributed by atoms with E-state index in [2.05, 4.69) is 5.32 Å². The zero-order chi connectivity index (χ0) is 15.2. The van der Waals surface area contributed by atoms with E-state index in [4.69, 9.17) is 5.73 Å². The summed E-state index contributed by atoms with van der Waals surface area (Å²) in [5.41, 5.74) is 6.87. The van der Waals surface area contributed by atoms with Gasteiger partial charge in [0.25, 0.3) is 0 Å². The molecule has 5 heteroatoms. The number of rotatable bonds is 5. The van der Waals surface area contributed by atoms with E-state index in [1.54, 1.807) is 12.1 Å². The highest BCUT2D eigenvalue weighted by atomic mass is 19.1. The topological polar surface area (TPSA) is 55.1 Å². The second-order valence-electron chi connectivity index (χ2n) is 4.66. The first-order valence-corrected chi connectivity index (χ1v) is 6.62. The number of hydrogen-bond acceptors (Lipinski definition) is 2. The van der Waals surface area contributed by atoms with E-state index in [-0.39, 0.29) is 12.0 Å². The van der Waals surface area contributed by atoms with Crippen LogP contribution in [0.3, 0.4) is 0 Å². The van der Waals surface area contributed by atoms with Crippen LogP contribution >= 0.6 is 0 Å². The zero-order valence-corrected chi connectivity index (χ0v) is 11.4. The summed E-state index contributed by atoms with van der Waals surface area (Å²) in [6.45, 7) is 0.554. The predicted molar refractivity (Wildman–Crippen MR) is 77.9 cm³/mol. The van der Waals surface area contributed by atoms with Crippen LogP contribution in [-0.2, 0) is 17.6 Å². The van der Waals surface area contributed by atoms with E-state index >= 15 is 0 Å². The second-order valence-corrected chi connectivity index (χ2v) is 4.66. The van der Waals surface area contributed by atoms with E-state index < -0.39 is 17.5 Å². The molecule has 3 nitrogen and oxygen atoms in total. The number of amides is 1. The highest BCUT2D eigenvalue weighted by molar-refractivity contribution is 5.92. The number of halogens is 2. The lowest BCUT2D eigenvalue weighted by atomic mass is 10.1. The van der Waals surface area contributed by atoms with Crippen LogP contribution in [0.2, 0.25) is 0 Å². The first kappa shape index (κ1) is 15.1. The molecule has 0 aliphatic heterocycles. The third-order valence-corrected chi connectivity index (χ3v) is 3.07. The first-order valence-electron chi connectivity index (χ1n) is 6.62. The Hall–Kier alpha value is -2.27. The largest absolute Gasteiger partial charge is 0.330 e. The Bertz CT molecular complexity index is 606. The molecule has 2 aromatic carbocycles. The van der Waals surface area contributed by atoms with Gasteiger partial charge in [0, 0.05) is 11.3 Å². The molecule has 110 valence electrons. The summed E-state index contributed by atoms with van der Waals surface area (Å²) < 4.78 is 26.9. The minimum absolute atomic E-state index is 0.227. The van der Waals surface area contributed by atoms with Crippen molar-refractivity contribution in [1.82, 2.24) is 0 Å². The molecule has 0 aromatic heterocycles. The molecule has 0 bridgehead atoms. The summed E-state index contributed by atoms with van der Waals surface area (Å²) in [6.07, 6.45) is 0.414. The maximum atomic E-state index is 13.5. The van der Waals surface area contributed by atoms with Gasteiger partial charge in [0.15, 0.2) is 0 Å². The van der Waals surface area contributed by atoms with Crippen molar-refractivity contribution in [3.05, 3.63) is 65.2 Å². The highest BCUT2D eigenvalue weighted by Crippen LogP contribution is 2.15. The van der Waals surface area contributed by atoms with Crippen LogP contribution in [0.4, 0.5) is 14.5 Å². The van der Waals surface area contributed by atoms with E-state index in [1.807, 2.05) is 12.1 Å². The van der Waals surface area contributed by atoms with E-state index in [1.165, 1.54) is 6.07 Å². The van der Waals surface area contributed by atoms with Crippen molar-refractivity contribution in [2.24, 2.45) is 5.73 Å². The molecule has 1 amide bonds. The SMILES string of the molecule is NCCc1ccc(NC(=O)Cc2c(F)cccc2F)cc1. The molecule has 0 aliphatic rings. The average molecular weight is 290 g/mol. The molecular formula is C16H16F2N2O. The summed E-state index contributed by atoms with van der Waals surface area (Å²) in [4.78, 5) is 11.8. The van der Waals surface area contributed by atoms with Gasteiger partial charge in [-0.15, -0.1) is 0 Å². The van der Waals surface area contributed by atoms with Crippen LogP contribution in [0.5, 0.6) is 0 Å². The van der Waals surface area contributed by atoms with Gasteiger partial charge in [-0.3, -0.25) is 4.79 Å². The van der Waals surface area contributed by atoms with Crippen LogP contribution in [0.1, 0.15) is 11.1 Å². The summed E-state index contributed by atoms with van der Waals surface area (Å²) in [5, 5.41) is 2.61. The Morgan fingerprint density at radius 2 is 1.67 bits per heavy atom. The lowest BCUT2D eigenvalue weighted by Crippen LogP contribution is -2.16. The number of carbonyl (C=O) groups excluding carboxylic acids is 1. The minimum Gasteiger partial charge on any atom is -0.330 e. The summed E-state index contributed by atoms with van der Waals surface area (Å²) in [5.74, 6) is -1.91. The van der Waals surface area contributed by atoms with Gasteiger partial charge in [-0.2, -0.15) is 0 Å². The van der Waals surface area contributed by atoms with Crippen LogP contribution in [0.15, 0.2) is 42.5 Å². The molecule has 0 atom stereocenters. The van der Waals surface area contributed by atoms with Gasteiger partial charge < -0.3 is 11.1 Å². The number of carbonyl (C=O) groups is 1. The molecular weight excluding hydrogens is 274 g/mol. The molecule has 21 heavy (non-hydrogen) atoms. The first-order chi connectivity index (χ1) is 10.1. The molecule has 0 saturated heterocycles. The van der Waals surface area contributed by atoms with Crippen LogP contribution < -0.4 is 11.1 Å². The average Bonchev–Trinajstić information content (AvgIpc) is 2.45. The molecule has 0 aliphatic carbocycles. The highest BCUT2D eigenvalue weighted by Gasteiger charge is 2.13. The van der Waals surface area contributed by atoms with E-state index in [0.29, 0.717) is 12.2 Å². The molecule has 2 rings (SSSR count). The molecule has 2 aromatic rings. The molecule has 0 heterocycles. The molecule has 0 spiro atoms. The Kier molecular flexibility index (Phi) is 5.00. The molecule has 0 radical (unpaired) electrons. The summed E-state index contributed by atoms with van der Waals surface area (Å²) in [6, 6.07) is 10.7. The second kappa shape index (κ2) is 6.95. The van der Waals surface area contributed by atoms with Crippen molar-refractivity contribution in [1.29, 1.82) is 0 Å². The smallest absolute Gasteiger partial charge is 0.229 e. The number of anilines is 1. The quantitative estimate of drug-likeness (QED) is 0.889. The van der Waals surface area contributed by atoms with Crippen molar-refractivity contribution < 1.29 is 13.6 Å². The van der Waals surface area contributed by atoms with Crippen LogP contribution in [-0.4, -0.2) is 12.5 Å². The third-order valence-electron chi connectivity index (χ3n) is 3.07. The normalized spacial score (nSPS) is 10.4. The predicted octanol–water partition coefficient (Wildman–Crippen LogP) is 2.65. The van der Waals surface area contributed by atoms with Gasteiger partial charge in [0.05, 0.1) is 6.42 Å². The van der Waals surface area contributed by atoms with Gasteiger partial charge in [0.2, 0.25) is 5.91 Å². The molecule has 0 unspecified atom stereocenters. The van der Waals surface area contributed by atoms with Crippen molar-refractivity contribution in [3.63, 3.8) is 0 Å². The number of hydrogen-bond donors (Lipinski definition) is 2. The van der Waals surface area contributed by atoms with Gasteiger partial charge in [-0.25, -0.2) is 8.78 Å². The standard InChI is InChI=1S/C16H16F2N2O/c17-14-2-1-3-15(18)13(14)10-16(21)20-12-6-4-11(5-7-12)8-9-19/h1-7H,8-10,19H2,(H,20,21). The van der Waals surface area contributed by atoms with Crippen molar-refractivity contribution >= 4 is 11.6 Å². The molecule has 3 N–H and O–H groups in total. The Morgan fingerprint density at radius 1 is 1.05 bits per heavy atom. The molecule has 0 saturated carbocycles. The Labute approximate surface area is 121 Å². The number of nitrogens with two attached hydrogens (primary N) is 1. The van der Waals surface area contributed by atoms with Crippen molar-refractivity contribution in [2.45, 2.75) is 12.8 Å². The summed E-state index contributed by atoms with van der Waals surface area (Å²) >= 11 is 0. The monoisotopic (exact) mass is 290 g/mol. The van der Waals surface area contributed by atoms with Crippen LogP contribution in [0.25, 0.3) is 0 Å². The Balaban J connectivity index is 2.01.